The molecule has 2 heterocycles. The lowest BCUT2D eigenvalue weighted by molar-refractivity contribution is 0.0691. The Bertz CT molecular complexity index is 728. The van der Waals surface area contributed by atoms with Crippen LogP contribution in [0, 0.1) is 0 Å². The summed E-state index contributed by atoms with van der Waals surface area (Å²) in [6.07, 6.45) is 4.74. The third-order valence-corrected chi connectivity index (χ3v) is 2.73. The minimum atomic E-state index is -1.03. The van der Waals surface area contributed by atoms with E-state index in [1.165, 1.54) is 6.20 Å². The van der Waals surface area contributed by atoms with Crippen LogP contribution in [-0.2, 0) is 0 Å². The molecule has 0 spiro atoms. The number of H-pyrrole nitrogens is 1. The van der Waals surface area contributed by atoms with Gasteiger partial charge >= 0.3 is 5.97 Å². The highest BCUT2D eigenvalue weighted by Crippen LogP contribution is 2.25. The van der Waals surface area contributed by atoms with Crippen molar-refractivity contribution < 1.29 is 9.90 Å². The summed E-state index contributed by atoms with van der Waals surface area (Å²) in [5, 5.41) is 10.8. The summed E-state index contributed by atoms with van der Waals surface area (Å²) in [5.41, 5.74) is 0.860. The Labute approximate surface area is 102 Å². The smallest absolute Gasteiger partial charge is 0.353 e. The van der Waals surface area contributed by atoms with Gasteiger partial charge in [-0.15, -0.1) is 0 Å². The second-order valence-corrected chi connectivity index (χ2v) is 3.86. The van der Waals surface area contributed by atoms with Gasteiger partial charge in [0.15, 0.2) is 0 Å². The molecule has 2 N–H and O–H groups in total. The first-order valence-electron chi connectivity index (χ1n) is 5.37. The number of rotatable bonds is 2. The second kappa shape index (κ2) is 3.96. The zero-order valence-corrected chi connectivity index (χ0v) is 9.29. The summed E-state index contributed by atoms with van der Waals surface area (Å²) in [6.45, 7) is 0. The summed E-state index contributed by atoms with van der Waals surface area (Å²) < 4.78 is 0. The van der Waals surface area contributed by atoms with Gasteiger partial charge in [0, 0.05) is 23.3 Å². The Hall–Kier alpha value is -2.69. The largest absolute Gasteiger partial charge is 0.477 e. The van der Waals surface area contributed by atoms with E-state index in [0.29, 0.717) is 5.82 Å². The molecule has 3 rings (SSSR count). The molecular weight excluding hydrogens is 230 g/mol. The Morgan fingerprint density at radius 2 is 2.00 bits per heavy atom. The molecule has 5 heteroatoms. The number of aromatic carboxylic acids is 1. The topological polar surface area (TPSA) is 78.9 Å². The van der Waals surface area contributed by atoms with E-state index in [1.807, 2.05) is 24.3 Å². The maximum atomic E-state index is 10.8. The Morgan fingerprint density at radius 3 is 2.78 bits per heavy atom. The Kier molecular flexibility index (Phi) is 2.30. The van der Waals surface area contributed by atoms with Crippen LogP contribution in [0.4, 0.5) is 0 Å². The fourth-order valence-electron chi connectivity index (χ4n) is 1.87. The normalized spacial score (nSPS) is 10.7. The molecule has 18 heavy (non-hydrogen) atoms. The number of aromatic amines is 1. The van der Waals surface area contributed by atoms with Gasteiger partial charge in [0.25, 0.3) is 0 Å². The number of aromatic nitrogens is 3. The van der Waals surface area contributed by atoms with Crippen molar-refractivity contribution in [2.24, 2.45) is 0 Å². The predicted molar refractivity (Wildman–Crippen MR) is 66.3 cm³/mol. The summed E-state index contributed by atoms with van der Waals surface area (Å²) in [6, 6.07) is 7.76. The average Bonchev–Trinajstić information content (AvgIpc) is 2.87. The molecule has 5 nitrogen and oxygen atoms in total. The van der Waals surface area contributed by atoms with Gasteiger partial charge in [0.1, 0.15) is 11.5 Å². The number of nitrogens with zero attached hydrogens (tertiary/aromatic N) is 2. The van der Waals surface area contributed by atoms with E-state index in [-0.39, 0.29) is 5.69 Å². The van der Waals surface area contributed by atoms with Gasteiger partial charge < -0.3 is 10.1 Å². The van der Waals surface area contributed by atoms with Gasteiger partial charge in [-0.05, 0) is 5.39 Å². The first kappa shape index (κ1) is 10.5. The molecule has 2 aromatic heterocycles. The lowest BCUT2D eigenvalue weighted by Crippen LogP contribution is -1.95. The number of carboxylic acid groups (broad SMARTS) is 1. The molecule has 0 aliphatic heterocycles. The summed E-state index contributed by atoms with van der Waals surface area (Å²) in [4.78, 5) is 21.8. The van der Waals surface area contributed by atoms with E-state index in [2.05, 4.69) is 15.0 Å². The molecule has 0 fully saturated rings. The van der Waals surface area contributed by atoms with Crippen molar-refractivity contribution in [3.8, 4) is 11.4 Å². The van der Waals surface area contributed by atoms with Gasteiger partial charge in [0.2, 0.25) is 0 Å². The quantitative estimate of drug-likeness (QED) is 0.719. The number of carboxylic acids is 1. The molecule has 0 saturated carbocycles. The van der Waals surface area contributed by atoms with Gasteiger partial charge in [-0.25, -0.2) is 9.78 Å². The highest BCUT2D eigenvalue weighted by Gasteiger charge is 2.11. The SMILES string of the molecule is O=C(O)c1cnc(-c2cncc3ccccc23)[nH]1. The number of fused-ring (bicyclic) bond motifs is 1. The number of pyridine rings is 1. The lowest BCUT2D eigenvalue weighted by atomic mass is 10.1. The van der Waals surface area contributed by atoms with E-state index in [9.17, 15) is 4.79 Å². The number of hydrogen-bond donors (Lipinski definition) is 2. The first-order valence-corrected chi connectivity index (χ1v) is 5.37. The number of benzene rings is 1. The fourth-order valence-corrected chi connectivity index (χ4v) is 1.87. The average molecular weight is 239 g/mol. The van der Waals surface area contributed by atoms with E-state index in [1.54, 1.807) is 12.4 Å². The molecule has 0 radical (unpaired) electrons. The van der Waals surface area contributed by atoms with Crippen molar-refractivity contribution in [1.29, 1.82) is 0 Å². The van der Waals surface area contributed by atoms with E-state index in [0.717, 1.165) is 16.3 Å². The van der Waals surface area contributed by atoms with Crippen molar-refractivity contribution >= 4 is 16.7 Å². The number of carbonyl (C=O) groups is 1. The van der Waals surface area contributed by atoms with Crippen molar-refractivity contribution in [3.05, 3.63) is 48.5 Å². The van der Waals surface area contributed by atoms with Crippen molar-refractivity contribution in [1.82, 2.24) is 15.0 Å². The van der Waals surface area contributed by atoms with Gasteiger partial charge in [0.05, 0.1) is 6.20 Å². The van der Waals surface area contributed by atoms with Crippen LogP contribution >= 0.6 is 0 Å². The molecule has 0 aliphatic carbocycles. The maximum absolute atomic E-state index is 10.8. The summed E-state index contributed by atoms with van der Waals surface area (Å²) >= 11 is 0. The minimum Gasteiger partial charge on any atom is -0.477 e. The molecule has 3 aromatic rings. The molecule has 0 atom stereocenters. The minimum absolute atomic E-state index is 0.0675. The monoisotopic (exact) mass is 239 g/mol. The highest BCUT2D eigenvalue weighted by atomic mass is 16.4. The first-order chi connectivity index (χ1) is 8.75. The van der Waals surface area contributed by atoms with Crippen LogP contribution in [0.25, 0.3) is 22.2 Å². The van der Waals surface area contributed by atoms with Crippen LogP contribution in [0.15, 0.2) is 42.9 Å². The molecule has 0 aliphatic rings. The van der Waals surface area contributed by atoms with E-state index < -0.39 is 5.97 Å². The van der Waals surface area contributed by atoms with Gasteiger partial charge in [-0.1, -0.05) is 24.3 Å². The van der Waals surface area contributed by atoms with E-state index in [4.69, 9.17) is 5.11 Å². The van der Waals surface area contributed by atoms with Gasteiger partial charge in [-0.3, -0.25) is 4.98 Å². The third-order valence-electron chi connectivity index (χ3n) is 2.73. The van der Waals surface area contributed by atoms with Crippen molar-refractivity contribution in [2.75, 3.05) is 0 Å². The van der Waals surface area contributed by atoms with Crippen molar-refractivity contribution in [3.63, 3.8) is 0 Å². The lowest BCUT2D eigenvalue weighted by Gasteiger charge is -2.02. The van der Waals surface area contributed by atoms with Crippen LogP contribution in [0.3, 0.4) is 0 Å². The molecule has 0 saturated heterocycles. The summed E-state index contributed by atoms with van der Waals surface area (Å²) in [7, 11) is 0. The molecule has 0 unspecified atom stereocenters. The van der Waals surface area contributed by atoms with Crippen LogP contribution in [0.5, 0.6) is 0 Å². The van der Waals surface area contributed by atoms with Crippen LogP contribution in [0.1, 0.15) is 10.5 Å². The van der Waals surface area contributed by atoms with Crippen LogP contribution in [0.2, 0.25) is 0 Å². The third kappa shape index (κ3) is 1.62. The summed E-state index contributed by atoms with van der Waals surface area (Å²) in [5.74, 6) is -0.515. The zero-order valence-electron chi connectivity index (χ0n) is 9.29. The van der Waals surface area contributed by atoms with Gasteiger partial charge in [-0.2, -0.15) is 0 Å². The fraction of sp³-hybridized carbons (Fsp3) is 0. The standard InChI is InChI=1S/C13H9N3O2/c17-13(18)11-7-15-12(16-11)10-6-14-5-8-3-1-2-4-9(8)10/h1-7H,(H,15,16)(H,17,18). The molecule has 0 amide bonds. The molecule has 1 aromatic carbocycles. The highest BCUT2D eigenvalue weighted by molar-refractivity contribution is 5.95. The molecular formula is C13H9N3O2. The number of imidazole rings is 1. The number of hydrogen-bond acceptors (Lipinski definition) is 3. The van der Waals surface area contributed by atoms with E-state index >= 15 is 0 Å². The maximum Gasteiger partial charge on any atom is 0.353 e. The Morgan fingerprint density at radius 1 is 1.17 bits per heavy atom. The second-order valence-electron chi connectivity index (χ2n) is 3.86. The molecule has 88 valence electrons. The van der Waals surface area contributed by atoms with Crippen LogP contribution in [-0.4, -0.2) is 26.0 Å². The Balaban J connectivity index is 2.21. The molecule has 0 bridgehead atoms. The van der Waals surface area contributed by atoms with Crippen LogP contribution < -0.4 is 0 Å². The predicted octanol–water partition coefficient (Wildman–Crippen LogP) is 2.32. The van der Waals surface area contributed by atoms with Crippen molar-refractivity contribution in [2.45, 2.75) is 0 Å². The number of nitrogens with one attached hydrogen (secondary N) is 1. The zero-order chi connectivity index (χ0) is 12.5.